The van der Waals surface area contributed by atoms with Crippen LogP contribution in [0.25, 0.3) is 0 Å². The largest absolute Gasteiger partial charge is 0.451 e. The number of hydrogen-bond acceptors (Lipinski definition) is 7. The molecule has 0 spiro atoms. The van der Waals surface area contributed by atoms with Crippen LogP contribution in [0.3, 0.4) is 0 Å². The number of nitrogens with zero attached hydrogens (tertiary/aromatic N) is 2. The highest BCUT2D eigenvalue weighted by Crippen LogP contribution is 2.28. The number of halogens is 3. The summed E-state index contributed by atoms with van der Waals surface area (Å²) in [6.07, 6.45) is -4.28. The Hall–Kier alpha value is -1.65. The van der Waals surface area contributed by atoms with Crippen LogP contribution in [0.1, 0.15) is 12.2 Å². The molecule has 1 aromatic rings. The maximum Gasteiger partial charge on any atom is 0.451 e. The zero-order valence-electron chi connectivity index (χ0n) is 10.4. The highest BCUT2D eigenvalue weighted by atomic mass is 19.4. The summed E-state index contributed by atoms with van der Waals surface area (Å²) >= 11 is 0. The second kappa shape index (κ2) is 5.38. The van der Waals surface area contributed by atoms with Crippen molar-refractivity contribution in [3.63, 3.8) is 0 Å². The van der Waals surface area contributed by atoms with E-state index in [2.05, 4.69) is 15.3 Å². The third-order valence-corrected chi connectivity index (χ3v) is 2.81. The van der Waals surface area contributed by atoms with E-state index in [0.717, 1.165) is 0 Å². The molecule has 1 unspecified atom stereocenters. The zero-order chi connectivity index (χ0) is 14.8. The number of anilines is 2. The van der Waals surface area contributed by atoms with Gasteiger partial charge in [0, 0.05) is 25.6 Å². The summed E-state index contributed by atoms with van der Waals surface area (Å²) in [5, 5.41) is 12.7. The van der Waals surface area contributed by atoms with Crippen LogP contribution in [-0.2, 0) is 10.9 Å². The molecule has 5 N–H and O–H groups in total. The van der Waals surface area contributed by atoms with Crippen LogP contribution in [0, 0.1) is 0 Å². The lowest BCUT2D eigenvalue weighted by atomic mass is 10.0. The molecular formula is C10H14F3N5O2. The van der Waals surface area contributed by atoms with Gasteiger partial charge in [-0.2, -0.15) is 13.2 Å². The fourth-order valence-electron chi connectivity index (χ4n) is 1.73. The van der Waals surface area contributed by atoms with Crippen LogP contribution in [0.4, 0.5) is 24.8 Å². The highest BCUT2D eigenvalue weighted by Gasteiger charge is 2.36. The van der Waals surface area contributed by atoms with Crippen LogP contribution >= 0.6 is 0 Å². The standard InChI is InChI=1S/C10H14F3N5O2/c11-10(12,13)8-16-6(3-7(17-8)18-14)15-4-9(19)1-2-20-5-9/h3,19H,1-2,4-5,14H2,(H2,15,16,17,18). The van der Waals surface area contributed by atoms with Crippen LogP contribution in [0.15, 0.2) is 6.07 Å². The number of alkyl halides is 3. The van der Waals surface area contributed by atoms with Crippen molar-refractivity contribution in [2.24, 2.45) is 5.84 Å². The number of nitrogens with two attached hydrogens (primary N) is 1. The van der Waals surface area contributed by atoms with Gasteiger partial charge < -0.3 is 20.6 Å². The second-order valence-electron chi connectivity index (χ2n) is 4.48. The summed E-state index contributed by atoms with van der Waals surface area (Å²) in [7, 11) is 0. The number of hydrogen-bond donors (Lipinski definition) is 4. The van der Waals surface area contributed by atoms with Crippen molar-refractivity contribution < 1.29 is 23.0 Å². The summed E-state index contributed by atoms with van der Waals surface area (Å²) in [4.78, 5) is 6.57. The van der Waals surface area contributed by atoms with Crippen molar-refractivity contribution >= 4 is 11.6 Å². The fourth-order valence-corrected chi connectivity index (χ4v) is 1.73. The first kappa shape index (κ1) is 14.8. The first-order chi connectivity index (χ1) is 9.32. The minimum atomic E-state index is -4.68. The Kier molecular flexibility index (Phi) is 3.97. The van der Waals surface area contributed by atoms with Crippen LogP contribution in [0.2, 0.25) is 0 Å². The minimum Gasteiger partial charge on any atom is -0.386 e. The Bertz CT molecular complexity index is 476. The van der Waals surface area contributed by atoms with E-state index >= 15 is 0 Å². The molecule has 10 heteroatoms. The number of rotatable bonds is 4. The van der Waals surface area contributed by atoms with E-state index in [1.54, 1.807) is 0 Å². The summed E-state index contributed by atoms with van der Waals surface area (Å²) in [5.74, 6) is 3.50. The molecule has 2 rings (SSSR count). The van der Waals surface area contributed by atoms with Gasteiger partial charge in [-0.1, -0.05) is 0 Å². The molecule has 0 aromatic carbocycles. The predicted octanol–water partition coefficient (Wildman–Crippen LogP) is 0.344. The summed E-state index contributed by atoms with van der Waals surface area (Å²) in [6, 6.07) is 1.22. The third-order valence-electron chi connectivity index (χ3n) is 2.81. The molecule has 1 aliphatic heterocycles. The molecule has 1 fully saturated rings. The molecule has 0 radical (unpaired) electrons. The molecule has 0 saturated carbocycles. The van der Waals surface area contributed by atoms with Crippen molar-refractivity contribution in [2.45, 2.75) is 18.2 Å². The molecule has 20 heavy (non-hydrogen) atoms. The monoisotopic (exact) mass is 293 g/mol. The normalized spacial score (nSPS) is 22.9. The van der Waals surface area contributed by atoms with Crippen molar-refractivity contribution in [1.82, 2.24) is 9.97 Å². The molecule has 1 atom stereocenters. The number of aliphatic hydroxyl groups is 1. The topological polar surface area (TPSA) is 105 Å². The SMILES string of the molecule is NNc1cc(NCC2(O)CCOC2)nc(C(F)(F)F)n1. The van der Waals surface area contributed by atoms with Gasteiger partial charge in [0.1, 0.15) is 17.2 Å². The van der Waals surface area contributed by atoms with Gasteiger partial charge in [0.15, 0.2) is 0 Å². The van der Waals surface area contributed by atoms with E-state index in [4.69, 9.17) is 10.6 Å². The van der Waals surface area contributed by atoms with Gasteiger partial charge in [-0.25, -0.2) is 15.8 Å². The molecular weight excluding hydrogens is 279 g/mol. The number of hydrazine groups is 1. The lowest BCUT2D eigenvalue weighted by Crippen LogP contribution is -2.37. The first-order valence-electron chi connectivity index (χ1n) is 5.79. The summed E-state index contributed by atoms with van der Waals surface area (Å²) in [6.45, 7) is 0.551. The number of nitrogens with one attached hydrogen (secondary N) is 2. The zero-order valence-corrected chi connectivity index (χ0v) is 10.4. The highest BCUT2D eigenvalue weighted by molar-refractivity contribution is 5.47. The smallest absolute Gasteiger partial charge is 0.386 e. The molecule has 1 aliphatic rings. The predicted molar refractivity (Wildman–Crippen MR) is 63.7 cm³/mol. The van der Waals surface area contributed by atoms with Gasteiger partial charge >= 0.3 is 6.18 Å². The Morgan fingerprint density at radius 2 is 2.10 bits per heavy atom. The lowest BCUT2D eigenvalue weighted by molar-refractivity contribution is -0.144. The van der Waals surface area contributed by atoms with Crippen molar-refractivity contribution in [2.75, 3.05) is 30.5 Å². The van der Waals surface area contributed by atoms with Crippen LogP contribution < -0.4 is 16.6 Å². The Labute approximate surface area is 112 Å². The molecule has 0 bridgehead atoms. The van der Waals surface area contributed by atoms with E-state index in [1.807, 2.05) is 5.43 Å². The van der Waals surface area contributed by atoms with E-state index in [1.165, 1.54) is 6.07 Å². The van der Waals surface area contributed by atoms with Crippen molar-refractivity contribution in [1.29, 1.82) is 0 Å². The van der Waals surface area contributed by atoms with Crippen LogP contribution in [0.5, 0.6) is 0 Å². The number of aromatic nitrogens is 2. The van der Waals surface area contributed by atoms with Gasteiger partial charge in [-0.3, -0.25) is 0 Å². The summed E-state index contributed by atoms with van der Waals surface area (Å²) in [5.41, 5.74) is 0.928. The van der Waals surface area contributed by atoms with Crippen molar-refractivity contribution in [3.8, 4) is 0 Å². The molecule has 1 aromatic heterocycles. The Morgan fingerprint density at radius 1 is 1.40 bits per heavy atom. The van der Waals surface area contributed by atoms with Gasteiger partial charge in [0.2, 0.25) is 5.82 Å². The molecule has 0 amide bonds. The van der Waals surface area contributed by atoms with Crippen LogP contribution in [-0.4, -0.2) is 40.4 Å². The molecule has 112 valence electrons. The summed E-state index contributed by atoms with van der Waals surface area (Å²) < 4.78 is 42.9. The van der Waals surface area contributed by atoms with E-state index in [9.17, 15) is 18.3 Å². The lowest BCUT2D eigenvalue weighted by Gasteiger charge is -2.21. The maximum atomic E-state index is 12.6. The molecule has 7 nitrogen and oxygen atoms in total. The number of nitrogen functional groups attached to an aromatic ring is 1. The van der Waals surface area contributed by atoms with Gasteiger partial charge in [-0.05, 0) is 0 Å². The molecule has 2 heterocycles. The molecule has 0 aliphatic carbocycles. The molecule has 1 saturated heterocycles. The van der Waals surface area contributed by atoms with Crippen molar-refractivity contribution in [3.05, 3.63) is 11.9 Å². The van der Waals surface area contributed by atoms with Gasteiger partial charge in [0.05, 0.1) is 6.61 Å². The fraction of sp³-hybridized carbons (Fsp3) is 0.600. The Balaban J connectivity index is 2.14. The maximum absolute atomic E-state index is 12.6. The van der Waals surface area contributed by atoms with E-state index in [0.29, 0.717) is 13.0 Å². The third kappa shape index (κ3) is 3.46. The minimum absolute atomic E-state index is 0.0192. The van der Waals surface area contributed by atoms with E-state index in [-0.39, 0.29) is 24.8 Å². The quantitative estimate of drug-likeness (QED) is 0.469. The van der Waals surface area contributed by atoms with Gasteiger partial charge in [0.25, 0.3) is 0 Å². The average molecular weight is 293 g/mol. The average Bonchev–Trinajstić information content (AvgIpc) is 2.82. The Morgan fingerprint density at radius 3 is 2.65 bits per heavy atom. The second-order valence-corrected chi connectivity index (χ2v) is 4.48. The number of ether oxygens (including phenoxy) is 1. The van der Waals surface area contributed by atoms with Gasteiger partial charge in [-0.15, -0.1) is 0 Å². The first-order valence-corrected chi connectivity index (χ1v) is 5.79. The van der Waals surface area contributed by atoms with E-state index < -0.39 is 17.6 Å².